The van der Waals surface area contributed by atoms with Crippen molar-refractivity contribution >= 4 is 23.0 Å². The fourth-order valence-electron chi connectivity index (χ4n) is 1.45. The number of imidazole rings is 1. The molecule has 0 radical (unpaired) electrons. The van der Waals surface area contributed by atoms with E-state index in [1.165, 1.54) is 12.1 Å². The molecule has 0 bridgehead atoms. The monoisotopic (exact) mass is 254 g/mol. The van der Waals surface area contributed by atoms with Crippen LogP contribution in [-0.2, 0) is 6.54 Å². The molecule has 17 heavy (non-hydrogen) atoms. The van der Waals surface area contributed by atoms with E-state index in [0.29, 0.717) is 17.9 Å². The number of benzene rings is 1. The lowest BCUT2D eigenvalue weighted by Crippen LogP contribution is -2.10. The van der Waals surface area contributed by atoms with Crippen molar-refractivity contribution in [2.45, 2.75) is 6.54 Å². The summed E-state index contributed by atoms with van der Waals surface area (Å²) in [4.78, 5) is 3.93. The first-order valence-electron chi connectivity index (χ1n) is 5.11. The molecule has 0 aliphatic carbocycles. The minimum atomic E-state index is -0.510. The number of nitrogens with one attached hydrogen (secondary N) is 1. The zero-order chi connectivity index (χ0) is 12.3. The van der Waals surface area contributed by atoms with Crippen molar-refractivity contribution in [3.05, 3.63) is 41.7 Å². The van der Waals surface area contributed by atoms with E-state index in [-0.39, 0.29) is 5.02 Å². The second kappa shape index (κ2) is 5.05. The maximum absolute atomic E-state index is 13.1. The highest BCUT2D eigenvalue weighted by Gasteiger charge is 2.05. The number of aromatic nitrogens is 2. The summed E-state index contributed by atoms with van der Waals surface area (Å²) in [5, 5.41) is 3.15. The van der Waals surface area contributed by atoms with Gasteiger partial charge in [-0.15, -0.1) is 0 Å². The van der Waals surface area contributed by atoms with Crippen LogP contribution in [0, 0.1) is 5.82 Å². The average Bonchev–Trinajstić information content (AvgIpc) is 2.78. The molecule has 1 heterocycles. The second-order valence-electron chi connectivity index (χ2n) is 3.58. The summed E-state index contributed by atoms with van der Waals surface area (Å²) in [6.45, 7) is 1.40. The van der Waals surface area contributed by atoms with Gasteiger partial charge in [-0.2, -0.15) is 0 Å². The van der Waals surface area contributed by atoms with Gasteiger partial charge in [-0.1, -0.05) is 11.6 Å². The molecule has 0 amide bonds. The Morgan fingerprint density at radius 1 is 1.47 bits per heavy atom. The first kappa shape index (κ1) is 11.7. The van der Waals surface area contributed by atoms with Crippen molar-refractivity contribution in [2.24, 2.45) is 0 Å². The predicted molar refractivity (Wildman–Crippen MR) is 66.5 cm³/mol. The van der Waals surface area contributed by atoms with E-state index in [9.17, 15) is 4.39 Å². The molecule has 1 aromatic carbocycles. The Morgan fingerprint density at radius 3 is 3.00 bits per heavy atom. The van der Waals surface area contributed by atoms with Crippen LogP contribution < -0.4 is 11.1 Å². The molecule has 0 spiro atoms. The minimum Gasteiger partial charge on any atom is -0.397 e. The first-order chi connectivity index (χ1) is 8.16. The van der Waals surface area contributed by atoms with Crippen molar-refractivity contribution in [2.75, 3.05) is 17.6 Å². The second-order valence-corrected chi connectivity index (χ2v) is 3.99. The van der Waals surface area contributed by atoms with E-state index < -0.39 is 5.82 Å². The lowest BCUT2D eigenvalue weighted by Gasteiger charge is -2.10. The lowest BCUT2D eigenvalue weighted by molar-refractivity contribution is 0.629. The summed E-state index contributed by atoms with van der Waals surface area (Å²) in [6.07, 6.45) is 5.30. The minimum absolute atomic E-state index is 0.0596. The van der Waals surface area contributed by atoms with Gasteiger partial charge in [0, 0.05) is 31.5 Å². The molecule has 0 unspecified atom stereocenters. The highest BCUT2D eigenvalue weighted by Crippen LogP contribution is 2.25. The zero-order valence-corrected chi connectivity index (χ0v) is 9.78. The molecule has 4 nitrogen and oxygen atoms in total. The van der Waals surface area contributed by atoms with Crippen molar-refractivity contribution < 1.29 is 4.39 Å². The molecule has 2 rings (SSSR count). The van der Waals surface area contributed by atoms with Gasteiger partial charge in [-0.3, -0.25) is 0 Å². The van der Waals surface area contributed by atoms with Gasteiger partial charge in [0.05, 0.1) is 22.7 Å². The summed E-state index contributed by atoms with van der Waals surface area (Å²) >= 11 is 5.68. The van der Waals surface area contributed by atoms with E-state index in [4.69, 9.17) is 17.3 Å². The van der Waals surface area contributed by atoms with E-state index in [1.807, 2.05) is 10.8 Å². The van der Waals surface area contributed by atoms with Gasteiger partial charge in [-0.05, 0) is 6.07 Å². The molecule has 0 saturated heterocycles. The van der Waals surface area contributed by atoms with E-state index >= 15 is 0 Å². The van der Waals surface area contributed by atoms with E-state index in [0.717, 1.165) is 6.54 Å². The number of nitrogens with zero attached hydrogens (tertiary/aromatic N) is 2. The Morgan fingerprint density at radius 2 is 2.29 bits per heavy atom. The maximum atomic E-state index is 13.1. The number of hydrogen-bond acceptors (Lipinski definition) is 3. The smallest absolute Gasteiger partial charge is 0.143 e. The quantitative estimate of drug-likeness (QED) is 0.824. The molecule has 2 aromatic rings. The van der Waals surface area contributed by atoms with Gasteiger partial charge in [0.1, 0.15) is 5.82 Å². The molecule has 90 valence electrons. The van der Waals surface area contributed by atoms with Crippen LogP contribution in [0.15, 0.2) is 30.9 Å². The Kier molecular flexibility index (Phi) is 3.49. The highest BCUT2D eigenvalue weighted by atomic mass is 35.5. The molecular weight excluding hydrogens is 243 g/mol. The number of nitrogen functional groups attached to an aromatic ring is 1. The predicted octanol–water partition coefficient (Wildman–Crippen LogP) is 2.37. The fraction of sp³-hybridized carbons (Fsp3) is 0.182. The third-order valence-corrected chi connectivity index (χ3v) is 2.63. The van der Waals surface area contributed by atoms with Crippen LogP contribution >= 0.6 is 11.6 Å². The van der Waals surface area contributed by atoms with Crippen molar-refractivity contribution in [3.8, 4) is 0 Å². The van der Waals surface area contributed by atoms with Gasteiger partial charge in [0.25, 0.3) is 0 Å². The van der Waals surface area contributed by atoms with Crippen LogP contribution in [0.1, 0.15) is 0 Å². The third kappa shape index (κ3) is 2.88. The van der Waals surface area contributed by atoms with Crippen LogP contribution in [0.2, 0.25) is 5.02 Å². The molecule has 0 aliphatic heterocycles. The summed E-state index contributed by atoms with van der Waals surface area (Å²) in [5.41, 5.74) is 6.65. The molecule has 1 aromatic heterocycles. The number of halogens is 2. The first-order valence-corrected chi connectivity index (χ1v) is 5.49. The average molecular weight is 255 g/mol. The normalized spacial score (nSPS) is 10.5. The molecular formula is C11H12ClFN4. The molecule has 3 N–H and O–H groups in total. The Hall–Kier alpha value is -1.75. The van der Waals surface area contributed by atoms with Gasteiger partial charge < -0.3 is 15.6 Å². The van der Waals surface area contributed by atoms with E-state index in [2.05, 4.69) is 10.3 Å². The van der Waals surface area contributed by atoms with Gasteiger partial charge in [0.15, 0.2) is 0 Å². The Labute approximate surface area is 103 Å². The van der Waals surface area contributed by atoms with Crippen LogP contribution in [0.3, 0.4) is 0 Å². The fourth-order valence-corrected chi connectivity index (χ4v) is 1.62. The van der Waals surface area contributed by atoms with Crippen LogP contribution in [-0.4, -0.2) is 16.1 Å². The molecule has 6 heteroatoms. The van der Waals surface area contributed by atoms with Crippen LogP contribution in [0.4, 0.5) is 15.8 Å². The Bertz CT molecular complexity index is 498. The zero-order valence-electron chi connectivity index (χ0n) is 9.03. The molecule has 0 atom stereocenters. The van der Waals surface area contributed by atoms with E-state index in [1.54, 1.807) is 12.5 Å². The number of anilines is 2. The molecule has 0 aliphatic rings. The summed E-state index contributed by atoms with van der Waals surface area (Å²) < 4.78 is 15.0. The van der Waals surface area contributed by atoms with Crippen LogP contribution in [0.5, 0.6) is 0 Å². The summed E-state index contributed by atoms with van der Waals surface area (Å²) in [5.74, 6) is -0.510. The summed E-state index contributed by atoms with van der Waals surface area (Å²) in [7, 11) is 0. The standard InChI is InChI=1S/C11H12ClFN4/c12-8-5-11(10(14)6-9(8)13)16-2-4-17-3-1-15-7-17/h1,3,5-7,16H,2,4,14H2. The SMILES string of the molecule is Nc1cc(F)c(Cl)cc1NCCn1ccnc1. The lowest BCUT2D eigenvalue weighted by atomic mass is 10.2. The van der Waals surface area contributed by atoms with Gasteiger partial charge >= 0.3 is 0 Å². The largest absolute Gasteiger partial charge is 0.397 e. The topological polar surface area (TPSA) is 55.9 Å². The van der Waals surface area contributed by atoms with Crippen molar-refractivity contribution in [1.29, 1.82) is 0 Å². The van der Waals surface area contributed by atoms with Gasteiger partial charge in [0.2, 0.25) is 0 Å². The summed E-state index contributed by atoms with van der Waals surface area (Å²) in [6, 6.07) is 2.70. The molecule has 0 fully saturated rings. The van der Waals surface area contributed by atoms with Gasteiger partial charge in [-0.25, -0.2) is 9.37 Å². The van der Waals surface area contributed by atoms with Crippen molar-refractivity contribution in [1.82, 2.24) is 9.55 Å². The number of nitrogens with two attached hydrogens (primary N) is 1. The van der Waals surface area contributed by atoms with Crippen LogP contribution in [0.25, 0.3) is 0 Å². The highest BCUT2D eigenvalue weighted by molar-refractivity contribution is 6.31. The number of hydrogen-bond donors (Lipinski definition) is 2. The Balaban J connectivity index is 1.97. The third-order valence-electron chi connectivity index (χ3n) is 2.34. The maximum Gasteiger partial charge on any atom is 0.143 e. The van der Waals surface area contributed by atoms with Crippen molar-refractivity contribution in [3.63, 3.8) is 0 Å². The number of rotatable bonds is 4. The molecule has 0 saturated carbocycles.